The molecular formula is C18H24N8O2. The average molecular weight is 384 g/mol. The molecule has 4 rings (SSSR count). The molecule has 28 heavy (non-hydrogen) atoms. The minimum Gasteiger partial charge on any atom is -0.353 e. The van der Waals surface area contributed by atoms with Crippen molar-refractivity contribution in [1.82, 2.24) is 29.1 Å². The Kier molecular flexibility index (Phi) is 4.62. The van der Waals surface area contributed by atoms with Crippen molar-refractivity contribution >= 4 is 22.8 Å². The van der Waals surface area contributed by atoms with Gasteiger partial charge >= 0.3 is 0 Å². The van der Waals surface area contributed by atoms with Crippen LogP contribution in [0.4, 0.5) is 11.8 Å². The Hall–Kier alpha value is -3.17. The van der Waals surface area contributed by atoms with E-state index in [1.54, 1.807) is 44.2 Å². The van der Waals surface area contributed by atoms with Crippen LogP contribution >= 0.6 is 0 Å². The molecule has 148 valence electrons. The van der Waals surface area contributed by atoms with Gasteiger partial charge in [-0.25, -0.2) is 4.68 Å². The van der Waals surface area contributed by atoms with Crippen molar-refractivity contribution in [3.8, 4) is 0 Å². The number of anilines is 2. The van der Waals surface area contributed by atoms with Gasteiger partial charge in [-0.15, -0.1) is 0 Å². The second kappa shape index (κ2) is 7.10. The second-order valence-corrected chi connectivity index (χ2v) is 7.22. The highest BCUT2D eigenvalue weighted by Gasteiger charge is 2.24. The van der Waals surface area contributed by atoms with Crippen molar-refractivity contribution < 1.29 is 0 Å². The van der Waals surface area contributed by atoms with Crippen LogP contribution in [0, 0.1) is 0 Å². The first-order chi connectivity index (χ1) is 13.4. The molecule has 1 saturated heterocycles. The highest BCUT2D eigenvalue weighted by Crippen LogP contribution is 2.22. The van der Waals surface area contributed by atoms with Gasteiger partial charge < -0.3 is 10.2 Å². The van der Waals surface area contributed by atoms with Crippen molar-refractivity contribution in [3.05, 3.63) is 39.0 Å². The number of fused-ring (bicyclic) bond motifs is 1. The Morgan fingerprint density at radius 3 is 2.75 bits per heavy atom. The van der Waals surface area contributed by atoms with E-state index in [1.807, 2.05) is 0 Å². The molecule has 1 fully saturated rings. The van der Waals surface area contributed by atoms with Gasteiger partial charge in [-0.05, 0) is 25.3 Å². The summed E-state index contributed by atoms with van der Waals surface area (Å²) >= 11 is 0. The number of piperidine rings is 1. The molecule has 1 N–H and O–H groups in total. The molecule has 1 unspecified atom stereocenters. The van der Waals surface area contributed by atoms with Gasteiger partial charge in [-0.2, -0.15) is 15.2 Å². The predicted octanol–water partition coefficient (Wildman–Crippen LogP) is 0.232. The summed E-state index contributed by atoms with van der Waals surface area (Å²) in [4.78, 5) is 30.9. The van der Waals surface area contributed by atoms with Crippen LogP contribution in [-0.4, -0.2) is 48.2 Å². The molecule has 3 aromatic heterocycles. The number of hydrogen-bond acceptors (Lipinski definition) is 7. The zero-order valence-electron chi connectivity index (χ0n) is 16.3. The van der Waals surface area contributed by atoms with E-state index in [0.29, 0.717) is 23.5 Å². The lowest BCUT2D eigenvalue weighted by atomic mass is 10.0. The van der Waals surface area contributed by atoms with Gasteiger partial charge in [-0.1, -0.05) is 0 Å². The molecule has 0 radical (unpaired) electrons. The van der Waals surface area contributed by atoms with Gasteiger partial charge in [0.2, 0.25) is 5.95 Å². The lowest BCUT2D eigenvalue weighted by Crippen LogP contribution is -2.45. The minimum atomic E-state index is -0.127. The third-order valence-electron chi connectivity index (χ3n) is 5.24. The van der Waals surface area contributed by atoms with Crippen LogP contribution in [0.25, 0.3) is 11.0 Å². The highest BCUT2D eigenvalue weighted by molar-refractivity contribution is 5.74. The molecule has 10 heteroatoms. The van der Waals surface area contributed by atoms with Gasteiger partial charge in [0, 0.05) is 52.5 Å². The Balaban J connectivity index is 1.58. The summed E-state index contributed by atoms with van der Waals surface area (Å²) < 4.78 is 4.47. The van der Waals surface area contributed by atoms with Crippen LogP contribution in [0.15, 0.2) is 27.9 Å². The molecule has 10 nitrogen and oxygen atoms in total. The Morgan fingerprint density at radius 1 is 1.14 bits per heavy atom. The molecule has 4 heterocycles. The number of hydrogen-bond donors (Lipinski definition) is 1. The zero-order valence-corrected chi connectivity index (χ0v) is 16.3. The van der Waals surface area contributed by atoms with Crippen LogP contribution in [0.1, 0.15) is 19.3 Å². The van der Waals surface area contributed by atoms with E-state index in [9.17, 15) is 9.59 Å². The maximum absolute atomic E-state index is 12.5. The summed E-state index contributed by atoms with van der Waals surface area (Å²) in [6.07, 6.45) is 4.89. The summed E-state index contributed by atoms with van der Waals surface area (Å²) in [6, 6.07) is 3.51. The third-order valence-corrected chi connectivity index (χ3v) is 5.24. The van der Waals surface area contributed by atoms with Gasteiger partial charge in [0.15, 0.2) is 5.65 Å². The van der Waals surface area contributed by atoms with Crippen molar-refractivity contribution in [2.45, 2.75) is 25.3 Å². The summed E-state index contributed by atoms with van der Waals surface area (Å²) in [7, 11) is 5.14. The second-order valence-electron chi connectivity index (χ2n) is 7.22. The van der Waals surface area contributed by atoms with E-state index >= 15 is 0 Å². The van der Waals surface area contributed by atoms with Crippen LogP contribution in [0.3, 0.4) is 0 Å². The lowest BCUT2D eigenvalue weighted by molar-refractivity contribution is 0.463. The molecule has 0 bridgehead atoms. The SMILES string of the molecule is Cn1cc2c(=O)n(C)c(NCC3CCCCN3c3ccc(=O)n(C)n3)nc2n1. The van der Waals surface area contributed by atoms with Crippen LogP contribution < -0.4 is 21.3 Å². The van der Waals surface area contributed by atoms with Crippen molar-refractivity contribution in [3.63, 3.8) is 0 Å². The molecule has 0 aromatic carbocycles. The number of aryl methyl sites for hydroxylation is 2. The summed E-state index contributed by atoms with van der Waals surface area (Å²) in [5, 5.41) is 12.5. The van der Waals surface area contributed by atoms with Crippen LogP contribution in [0.2, 0.25) is 0 Å². The fourth-order valence-electron chi connectivity index (χ4n) is 3.69. The van der Waals surface area contributed by atoms with Crippen molar-refractivity contribution in [2.24, 2.45) is 21.1 Å². The molecule has 0 aliphatic carbocycles. The zero-order chi connectivity index (χ0) is 19.8. The van der Waals surface area contributed by atoms with Gasteiger partial charge in [0.1, 0.15) is 11.2 Å². The van der Waals surface area contributed by atoms with Crippen molar-refractivity contribution in [2.75, 3.05) is 23.3 Å². The van der Waals surface area contributed by atoms with E-state index in [0.717, 1.165) is 31.6 Å². The number of aromatic nitrogens is 6. The van der Waals surface area contributed by atoms with Crippen LogP contribution in [-0.2, 0) is 21.1 Å². The first kappa shape index (κ1) is 18.2. The molecule has 0 saturated carbocycles. The number of nitrogens with one attached hydrogen (secondary N) is 1. The smallest absolute Gasteiger partial charge is 0.266 e. The lowest BCUT2D eigenvalue weighted by Gasteiger charge is -2.36. The van der Waals surface area contributed by atoms with E-state index in [-0.39, 0.29) is 17.2 Å². The summed E-state index contributed by atoms with van der Waals surface area (Å²) in [5.74, 6) is 1.28. The third kappa shape index (κ3) is 3.25. The standard InChI is InChI=1S/C18H24N8O2/c1-23-11-13-16(22-23)20-18(24(2)17(13)28)19-10-12-6-4-5-9-26(12)14-7-8-15(27)25(3)21-14/h7-8,11-12H,4-6,9-10H2,1-3H3,(H,19,20,22). The van der Waals surface area contributed by atoms with E-state index in [4.69, 9.17) is 0 Å². The summed E-state index contributed by atoms with van der Waals surface area (Å²) in [5.41, 5.74) is 0.187. The molecule has 0 amide bonds. The topological polar surface area (TPSA) is 103 Å². The van der Waals surface area contributed by atoms with E-state index in [2.05, 4.69) is 25.4 Å². The van der Waals surface area contributed by atoms with E-state index < -0.39 is 0 Å². The minimum absolute atomic E-state index is 0.124. The monoisotopic (exact) mass is 384 g/mol. The molecule has 3 aromatic rings. The van der Waals surface area contributed by atoms with Gasteiger partial charge in [0.25, 0.3) is 11.1 Å². The average Bonchev–Trinajstić information content (AvgIpc) is 3.06. The molecule has 1 atom stereocenters. The Labute approximate surface area is 161 Å². The number of rotatable bonds is 4. The fraction of sp³-hybridized carbons (Fsp3) is 0.500. The summed E-state index contributed by atoms with van der Waals surface area (Å²) in [6.45, 7) is 1.49. The van der Waals surface area contributed by atoms with Gasteiger partial charge in [-0.3, -0.25) is 18.8 Å². The first-order valence-electron chi connectivity index (χ1n) is 9.39. The molecule has 1 aliphatic rings. The quantitative estimate of drug-likeness (QED) is 0.687. The maximum Gasteiger partial charge on any atom is 0.266 e. The Morgan fingerprint density at radius 2 is 1.96 bits per heavy atom. The van der Waals surface area contributed by atoms with Crippen LogP contribution in [0.5, 0.6) is 0 Å². The largest absolute Gasteiger partial charge is 0.353 e. The number of nitrogens with zero attached hydrogens (tertiary/aromatic N) is 7. The normalized spacial score (nSPS) is 17.2. The fourth-order valence-corrected chi connectivity index (χ4v) is 3.69. The van der Waals surface area contributed by atoms with Gasteiger partial charge in [0.05, 0.1) is 0 Å². The molecular weight excluding hydrogens is 360 g/mol. The van der Waals surface area contributed by atoms with E-state index in [1.165, 1.54) is 9.25 Å². The maximum atomic E-state index is 12.5. The predicted molar refractivity (Wildman–Crippen MR) is 107 cm³/mol. The highest BCUT2D eigenvalue weighted by atomic mass is 16.1. The first-order valence-corrected chi connectivity index (χ1v) is 9.39. The molecule has 1 aliphatic heterocycles. The van der Waals surface area contributed by atoms with Crippen molar-refractivity contribution in [1.29, 1.82) is 0 Å². The Bertz CT molecular complexity index is 1130. The molecule has 0 spiro atoms.